The lowest BCUT2D eigenvalue weighted by molar-refractivity contribution is -0.0777. The Morgan fingerprint density at radius 3 is 2.67 bits per heavy atom. The number of aliphatic hydroxyl groups is 1. The van der Waals surface area contributed by atoms with Crippen LogP contribution in [0.3, 0.4) is 0 Å². The highest BCUT2D eigenvalue weighted by Gasteiger charge is 2.30. The highest BCUT2D eigenvalue weighted by atomic mass is 16.5. The van der Waals surface area contributed by atoms with Crippen LogP contribution in [0.25, 0.3) is 0 Å². The van der Waals surface area contributed by atoms with Gasteiger partial charge in [-0.15, -0.1) is 0 Å². The molecule has 1 aliphatic rings. The number of anilines is 1. The van der Waals surface area contributed by atoms with E-state index in [1.165, 1.54) is 0 Å². The molecular weight excluding hydrogens is 228 g/mol. The van der Waals surface area contributed by atoms with E-state index in [0.29, 0.717) is 32.6 Å². The van der Waals surface area contributed by atoms with Crippen LogP contribution in [0.4, 0.5) is 5.69 Å². The van der Waals surface area contributed by atoms with Crippen LogP contribution in [0.15, 0.2) is 24.3 Å². The van der Waals surface area contributed by atoms with Crippen LogP contribution in [0, 0.1) is 0 Å². The number of ether oxygens (including phenoxy) is 1. The molecule has 0 spiro atoms. The lowest BCUT2D eigenvalue weighted by Gasteiger charge is -2.35. The Morgan fingerprint density at radius 1 is 1.33 bits per heavy atom. The largest absolute Gasteiger partial charge is 0.398 e. The Morgan fingerprint density at radius 2 is 2.00 bits per heavy atom. The van der Waals surface area contributed by atoms with Crippen LogP contribution in [-0.4, -0.2) is 42.4 Å². The van der Waals surface area contributed by atoms with Gasteiger partial charge in [-0.3, -0.25) is 4.90 Å². The van der Waals surface area contributed by atoms with Crippen molar-refractivity contribution in [1.29, 1.82) is 0 Å². The van der Waals surface area contributed by atoms with Crippen molar-refractivity contribution in [3.63, 3.8) is 0 Å². The molecule has 1 fully saturated rings. The molecule has 0 aromatic heterocycles. The zero-order chi connectivity index (χ0) is 13.0. The molecule has 0 atom stereocenters. The van der Waals surface area contributed by atoms with Crippen LogP contribution in [0.1, 0.15) is 18.4 Å². The summed E-state index contributed by atoms with van der Waals surface area (Å²) < 4.78 is 5.29. The number of nitrogens with zero attached hydrogens (tertiary/aromatic N) is 1. The van der Waals surface area contributed by atoms with Gasteiger partial charge in [0.15, 0.2) is 0 Å². The second-order valence-electron chi connectivity index (χ2n) is 5.21. The minimum atomic E-state index is -0.615. The van der Waals surface area contributed by atoms with Crippen molar-refractivity contribution in [2.75, 3.05) is 32.5 Å². The Balaban J connectivity index is 1.92. The zero-order valence-electron chi connectivity index (χ0n) is 10.9. The van der Waals surface area contributed by atoms with Crippen molar-refractivity contribution in [3.05, 3.63) is 29.8 Å². The van der Waals surface area contributed by atoms with E-state index in [9.17, 15) is 5.11 Å². The molecule has 4 nitrogen and oxygen atoms in total. The summed E-state index contributed by atoms with van der Waals surface area (Å²) >= 11 is 0. The van der Waals surface area contributed by atoms with Gasteiger partial charge >= 0.3 is 0 Å². The maximum atomic E-state index is 10.4. The van der Waals surface area contributed by atoms with Crippen LogP contribution in [0.5, 0.6) is 0 Å². The summed E-state index contributed by atoms with van der Waals surface area (Å²) in [5.74, 6) is 0. The maximum absolute atomic E-state index is 10.4. The lowest BCUT2D eigenvalue weighted by Crippen LogP contribution is -2.45. The number of nitrogen functional groups attached to an aromatic ring is 1. The number of para-hydroxylation sites is 1. The Bertz CT molecular complexity index is 389. The Hall–Kier alpha value is -1.10. The van der Waals surface area contributed by atoms with E-state index in [4.69, 9.17) is 10.5 Å². The first kappa shape index (κ1) is 13.3. The number of rotatable bonds is 4. The normalized spacial score (nSPS) is 19.1. The minimum absolute atomic E-state index is 0.615. The van der Waals surface area contributed by atoms with Crippen LogP contribution in [0.2, 0.25) is 0 Å². The van der Waals surface area contributed by atoms with E-state index in [2.05, 4.69) is 4.90 Å². The highest BCUT2D eigenvalue weighted by molar-refractivity contribution is 5.46. The number of likely N-dealkylation sites (N-methyl/N-ethyl adjacent to an activating group) is 1. The maximum Gasteiger partial charge on any atom is 0.0817 e. The first-order chi connectivity index (χ1) is 8.59. The Labute approximate surface area is 108 Å². The number of hydrogen-bond acceptors (Lipinski definition) is 4. The predicted octanol–water partition coefficient (Wildman–Crippen LogP) is 1.24. The third-order valence-corrected chi connectivity index (χ3v) is 3.48. The predicted molar refractivity (Wildman–Crippen MR) is 72.2 cm³/mol. The smallest absolute Gasteiger partial charge is 0.0817 e. The average molecular weight is 250 g/mol. The number of hydrogen-bond donors (Lipinski definition) is 2. The molecule has 3 N–H and O–H groups in total. The van der Waals surface area contributed by atoms with Crippen molar-refractivity contribution in [1.82, 2.24) is 4.90 Å². The highest BCUT2D eigenvalue weighted by Crippen LogP contribution is 2.22. The molecule has 1 aliphatic heterocycles. The van der Waals surface area contributed by atoms with Crippen molar-refractivity contribution in [2.45, 2.75) is 25.0 Å². The SMILES string of the molecule is CN(Cc1ccccc1N)CC1(O)CCOCC1. The van der Waals surface area contributed by atoms with Gasteiger partial charge in [0.25, 0.3) is 0 Å². The lowest BCUT2D eigenvalue weighted by atomic mass is 9.94. The molecule has 0 unspecified atom stereocenters. The fraction of sp³-hybridized carbons (Fsp3) is 0.571. The molecule has 0 saturated carbocycles. The van der Waals surface area contributed by atoms with Crippen LogP contribution in [-0.2, 0) is 11.3 Å². The van der Waals surface area contributed by atoms with E-state index in [1.54, 1.807) is 0 Å². The summed E-state index contributed by atoms with van der Waals surface area (Å²) in [6.07, 6.45) is 1.42. The Kier molecular flexibility index (Phi) is 4.22. The molecule has 1 aromatic rings. The van der Waals surface area contributed by atoms with Crippen LogP contribution >= 0.6 is 0 Å². The summed E-state index contributed by atoms with van der Waals surface area (Å²) in [5.41, 5.74) is 7.23. The molecule has 0 aliphatic carbocycles. The second kappa shape index (κ2) is 5.69. The first-order valence-corrected chi connectivity index (χ1v) is 6.41. The van der Waals surface area contributed by atoms with E-state index < -0.39 is 5.60 Å². The summed E-state index contributed by atoms with van der Waals surface area (Å²) in [5, 5.41) is 10.4. The van der Waals surface area contributed by atoms with Gasteiger partial charge in [0.2, 0.25) is 0 Å². The van der Waals surface area contributed by atoms with Crippen molar-refractivity contribution in [3.8, 4) is 0 Å². The monoisotopic (exact) mass is 250 g/mol. The average Bonchev–Trinajstić information content (AvgIpc) is 2.32. The molecule has 0 bridgehead atoms. The standard InChI is InChI=1S/C14H22N2O2/c1-16(10-12-4-2-3-5-13(12)15)11-14(17)6-8-18-9-7-14/h2-5,17H,6-11,15H2,1H3. The molecule has 2 rings (SSSR count). The van der Waals surface area contributed by atoms with E-state index >= 15 is 0 Å². The topological polar surface area (TPSA) is 58.7 Å². The second-order valence-corrected chi connectivity index (χ2v) is 5.21. The van der Waals surface area contributed by atoms with Crippen molar-refractivity contribution < 1.29 is 9.84 Å². The minimum Gasteiger partial charge on any atom is -0.398 e. The fourth-order valence-electron chi connectivity index (χ4n) is 2.44. The molecule has 0 radical (unpaired) electrons. The molecule has 18 heavy (non-hydrogen) atoms. The summed E-state index contributed by atoms with van der Waals surface area (Å²) in [4.78, 5) is 2.12. The van der Waals surface area contributed by atoms with Gasteiger partial charge in [0.05, 0.1) is 5.60 Å². The molecule has 100 valence electrons. The van der Waals surface area contributed by atoms with Crippen molar-refractivity contribution in [2.24, 2.45) is 0 Å². The molecule has 4 heteroatoms. The third-order valence-electron chi connectivity index (χ3n) is 3.48. The first-order valence-electron chi connectivity index (χ1n) is 6.41. The van der Waals surface area contributed by atoms with Gasteiger partial charge in [-0.1, -0.05) is 18.2 Å². The van der Waals surface area contributed by atoms with Gasteiger partial charge in [-0.25, -0.2) is 0 Å². The summed E-state index contributed by atoms with van der Waals surface area (Å²) in [6, 6.07) is 7.86. The van der Waals surface area contributed by atoms with Gasteiger partial charge in [-0.05, 0) is 18.7 Å². The fourth-order valence-corrected chi connectivity index (χ4v) is 2.44. The molecule has 0 amide bonds. The van der Waals surface area contributed by atoms with E-state index in [-0.39, 0.29) is 0 Å². The van der Waals surface area contributed by atoms with Gasteiger partial charge in [-0.2, -0.15) is 0 Å². The van der Waals surface area contributed by atoms with Gasteiger partial charge in [0.1, 0.15) is 0 Å². The zero-order valence-corrected chi connectivity index (χ0v) is 10.9. The van der Waals surface area contributed by atoms with Crippen molar-refractivity contribution >= 4 is 5.69 Å². The summed E-state index contributed by atoms with van der Waals surface area (Å²) in [7, 11) is 2.01. The molecule has 1 saturated heterocycles. The third kappa shape index (κ3) is 3.45. The number of nitrogens with two attached hydrogens (primary N) is 1. The number of benzene rings is 1. The van der Waals surface area contributed by atoms with Gasteiger partial charge in [0, 0.05) is 44.8 Å². The summed E-state index contributed by atoms with van der Waals surface area (Å²) in [6.45, 7) is 2.72. The quantitative estimate of drug-likeness (QED) is 0.789. The van der Waals surface area contributed by atoms with E-state index in [1.807, 2.05) is 31.3 Å². The molecular formula is C14H22N2O2. The molecule has 1 heterocycles. The van der Waals surface area contributed by atoms with Crippen LogP contribution < -0.4 is 5.73 Å². The van der Waals surface area contributed by atoms with E-state index in [0.717, 1.165) is 17.8 Å². The molecule has 1 aromatic carbocycles. The van der Waals surface area contributed by atoms with Gasteiger partial charge < -0.3 is 15.6 Å².